The summed E-state index contributed by atoms with van der Waals surface area (Å²) in [5.41, 5.74) is 0.982. The van der Waals surface area contributed by atoms with E-state index < -0.39 is 10.3 Å². The number of rotatable bonds is 4. The van der Waals surface area contributed by atoms with Crippen molar-refractivity contribution in [3.63, 3.8) is 0 Å². The van der Waals surface area contributed by atoms with Gasteiger partial charge in [0.15, 0.2) is 0 Å². The van der Waals surface area contributed by atoms with Gasteiger partial charge in [0.25, 0.3) is 0 Å². The van der Waals surface area contributed by atoms with Gasteiger partial charge in [-0.2, -0.15) is 0 Å². The minimum absolute atomic E-state index is 0.153. The highest BCUT2D eigenvalue weighted by molar-refractivity contribution is 6.53. The van der Waals surface area contributed by atoms with Crippen molar-refractivity contribution in [1.82, 2.24) is 5.32 Å². The summed E-state index contributed by atoms with van der Waals surface area (Å²) in [6.07, 6.45) is 1.57. The van der Waals surface area contributed by atoms with Crippen molar-refractivity contribution in [2.45, 2.75) is 16.8 Å². The van der Waals surface area contributed by atoms with Crippen molar-refractivity contribution in [2.75, 3.05) is 0 Å². The molecule has 1 aliphatic rings. The molecule has 1 N–H and O–H groups in total. The fourth-order valence-corrected chi connectivity index (χ4v) is 3.25. The van der Waals surface area contributed by atoms with Crippen LogP contribution in [-0.2, 0) is 11.3 Å². The highest BCUT2D eigenvalue weighted by Gasteiger charge is 2.67. The molecule has 2 aromatic rings. The van der Waals surface area contributed by atoms with E-state index in [0.29, 0.717) is 12.3 Å². The van der Waals surface area contributed by atoms with Crippen LogP contribution in [0.3, 0.4) is 0 Å². The molecule has 3 rings (SSSR count). The molecule has 2 atom stereocenters. The Hall–Kier alpha value is -1.45. The van der Waals surface area contributed by atoms with Crippen molar-refractivity contribution in [1.29, 1.82) is 0 Å². The summed E-state index contributed by atoms with van der Waals surface area (Å²) in [5, 5.41) is 2.80. The van der Waals surface area contributed by atoms with Crippen LogP contribution in [0, 0.1) is 5.92 Å². The highest BCUT2D eigenvalue weighted by Crippen LogP contribution is 2.64. The average Bonchev–Trinajstić information content (AvgIpc) is 2.80. The molecular weight excluding hydrogens is 297 g/mol. The first-order valence-corrected chi connectivity index (χ1v) is 7.09. The molecule has 1 aromatic carbocycles. The molecule has 0 saturated heterocycles. The second-order valence-corrected chi connectivity index (χ2v) is 6.28. The van der Waals surface area contributed by atoms with Crippen molar-refractivity contribution in [2.24, 2.45) is 5.92 Å². The second-order valence-electron chi connectivity index (χ2n) is 4.84. The summed E-state index contributed by atoms with van der Waals surface area (Å²) in [5.74, 6) is -0.0444. The van der Waals surface area contributed by atoms with Crippen molar-refractivity contribution in [3.8, 4) is 0 Å². The number of nitrogens with one attached hydrogen (secondary N) is 1. The minimum Gasteiger partial charge on any atom is -0.467 e. The number of halogens is 2. The number of amides is 1. The topological polar surface area (TPSA) is 42.2 Å². The number of benzene rings is 1. The Balaban J connectivity index is 1.67. The maximum atomic E-state index is 12.2. The summed E-state index contributed by atoms with van der Waals surface area (Å²) in [6.45, 7) is 0.341. The molecule has 0 spiro atoms. The van der Waals surface area contributed by atoms with Crippen LogP contribution in [0.25, 0.3) is 0 Å². The van der Waals surface area contributed by atoms with E-state index in [0.717, 1.165) is 5.56 Å². The second kappa shape index (κ2) is 5.15. The highest BCUT2D eigenvalue weighted by atomic mass is 35.5. The third kappa shape index (κ3) is 2.43. The fraction of sp³-hybridized carbons (Fsp3) is 0.267. The van der Waals surface area contributed by atoms with Gasteiger partial charge in [0, 0.05) is 5.92 Å². The van der Waals surface area contributed by atoms with Crippen LogP contribution >= 0.6 is 23.2 Å². The molecule has 0 radical (unpaired) electrons. The van der Waals surface area contributed by atoms with Gasteiger partial charge in [0.1, 0.15) is 10.1 Å². The smallest absolute Gasteiger partial charge is 0.227 e. The molecule has 0 aliphatic heterocycles. The van der Waals surface area contributed by atoms with Gasteiger partial charge in [-0.1, -0.05) is 30.3 Å². The molecule has 3 nitrogen and oxygen atoms in total. The number of hydrogen-bond donors (Lipinski definition) is 1. The zero-order valence-electron chi connectivity index (χ0n) is 10.6. The van der Waals surface area contributed by atoms with Crippen LogP contribution in [0.15, 0.2) is 53.1 Å². The third-order valence-electron chi connectivity index (χ3n) is 3.51. The van der Waals surface area contributed by atoms with Gasteiger partial charge in [0.05, 0.1) is 18.7 Å². The fourth-order valence-electron chi connectivity index (χ4n) is 2.43. The Morgan fingerprint density at radius 3 is 2.60 bits per heavy atom. The van der Waals surface area contributed by atoms with Crippen molar-refractivity contribution < 1.29 is 9.21 Å². The predicted molar refractivity (Wildman–Crippen MR) is 77.7 cm³/mol. The summed E-state index contributed by atoms with van der Waals surface area (Å²) in [4.78, 5) is 12.2. The van der Waals surface area contributed by atoms with E-state index in [1.807, 2.05) is 30.3 Å². The van der Waals surface area contributed by atoms with E-state index in [4.69, 9.17) is 27.6 Å². The lowest BCUT2D eigenvalue weighted by molar-refractivity contribution is -0.122. The number of carbonyl (C=O) groups excluding carboxylic acids is 1. The largest absolute Gasteiger partial charge is 0.467 e. The first-order chi connectivity index (χ1) is 9.60. The average molecular weight is 310 g/mol. The van der Waals surface area contributed by atoms with E-state index in [1.54, 1.807) is 18.4 Å². The van der Waals surface area contributed by atoms with E-state index >= 15 is 0 Å². The SMILES string of the molecule is O=C(NCc1ccco1)C1C(c2ccccc2)C1(Cl)Cl. The molecule has 1 amide bonds. The van der Waals surface area contributed by atoms with Gasteiger partial charge in [-0.3, -0.25) is 4.79 Å². The number of carbonyl (C=O) groups is 1. The molecule has 1 aliphatic carbocycles. The quantitative estimate of drug-likeness (QED) is 0.879. The molecule has 1 fully saturated rings. The van der Waals surface area contributed by atoms with Gasteiger partial charge in [-0.05, 0) is 17.7 Å². The van der Waals surface area contributed by atoms with Crippen LogP contribution in [0.5, 0.6) is 0 Å². The molecule has 1 heterocycles. The lowest BCUT2D eigenvalue weighted by Gasteiger charge is -2.02. The maximum Gasteiger partial charge on any atom is 0.227 e. The lowest BCUT2D eigenvalue weighted by atomic mass is 10.1. The van der Waals surface area contributed by atoms with Crippen LogP contribution < -0.4 is 5.32 Å². The number of hydrogen-bond acceptors (Lipinski definition) is 2. The van der Waals surface area contributed by atoms with Gasteiger partial charge in [0.2, 0.25) is 5.91 Å². The van der Waals surface area contributed by atoms with Gasteiger partial charge >= 0.3 is 0 Å². The normalized spacial score (nSPS) is 23.3. The van der Waals surface area contributed by atoms with Crippen LogP contribution in [0.1, 0.15) is 17.2 Å². The standard InChI is InChI=1S/C15H13Cl2NO2/c16-15(17)12(10-5-2-1-3-6-10)13(15)14(19)18-9-11-7-4-8-20-11/h1-8,12-13H,9H2,(H,18,19). The molecule has 1 aromatic heterocycles. The Bertz CT molecular complexity index is 596. The van der Waals surface area contributed by atoms with Gasteiger partial charge in [-0.15, -0.1) is 23.2 Å². The van der Waals surface area contributed by atoms with Crippen LogP contribution in [0.4, 0.5) is 0 Å². The third-order valence-corrected chi connectivity index (χ3v) is 4.45. The lowest BCUT2D eigenvalue weighted by Crippen LogP contribution is -2.26. The summed E-state index contributed by atoms with van der Waals surface area (Å²) >= 11 is 12.5. The molecule has 0 bridgehead atoms. The molecule has 1 saturated carbocycles. The van der Waals surface area contributed by atoms with Gasteiger partial charge < -0.3 is 9.73 Å². The van der Waals surface area contributed by atoms with E-state index in [2.05, 4.69) is 5.32 Å². The maximum absolute atomic E-state index is 12.2. The Labute approximate surface area is 126 Å². The molecule has 20 heavy (non-hydrogen) atoms. The summed E-state index contributed by atoms with van der Waals surface area (Å²) in [7, 11) is 0. The number of alkyl halides is 2. The Morgan fingerprint density at radius 1 is 1.20 bits per heavy atom. The van der Waals surface area contributed by atoms with Gasteiger partial charge in [-0.25, -0.2) is 0 Å². The molecule has 104 valence electrons. The van der Waals surface area contributed by atoms with Crippen LogP contribution in [0.2, 0.25) is 0 Å². The zero-order chi connectivity index (χ0) is 14.2. The van der Waals surface area contributed by atoms with Crippen LogP contribution in [-0.4, -0.2) is 10.2 Å². The minimum atomic E-state index is -1.03. The van der Waals surface area contributed by atoms with E-state index in [1.165, 1.54) is 0 Å². The number of furan rings is 1. The predicted octanol–water partition coefficient (Wildman–Crippen LogP) is 3.48. The zero-order valence-corrected chi connectivity index (χ0v) is 12.1. The van der Waals surface area contributed by atoms with E-state index in [9.17, 15) is 4.79 Å². The monoisotopic (exact) mass is 309 g/mol. The molecule has 5 heteroatoms. The molecule has 2 unspecified atom stereocenters. The summed E-state index contributed by atoms with van der Waals surface area (Å²) in [6, 6.07) is 13.2. The summed E-state index contributed by atoms with van der Waals surface area (Å²) < 4.78 is 4.13. The molecular formula is C15H13Cl2NO2. The van der Waals surface area contributed by atoms with E-state index in [-0.39, 0.29) is 11.8 Å². The Kier molecular flexibility index (Phi) is 3.48. The first kappa shape index (κ1) is 13.5. The first-order valence-electron chi connectivity index (χ1n) is 6.33. The van der Waals surface area contributed by atoms with Crippen molar-refractivity contribution in [3.05, 3.63) is 60.1 Å². The van der Waals surface area contributed by atoms with Crippen molar-refractivity contribution >= 4 is 29.1 Å². The Morgan fingerprint density at radius 2 is 1.95 bits per heavy atom.